The molecule has 0 unspecified atom stereocenters. The van der Waals surface area contributed by atoms with Crippen molar-refractivity contribution >= 4 is 17.3 Å². The predicted octanol–water partition coefficient (Wildman–Crippen LogP) is 4.96. The van der Waals surface area contributed by atoms with Crippen LogP contribution < -0.4 is 14.5 Å². The molecule has 0 fully saturated rings. The standard InChI is InChI=1S/C25H32N2O3/c1-3-26-15-12-19-8-10-21(17-23(19)26)30-22-11-9-20-13-16-27(24(20)18-22)14-6-5-7-25(28)29-4-2/h8-11,17-18H,3-7,12-16H2,1-2H3. The molecule has 2 aromatic rings. The first-order valence-corrected chi connectivity index (χ1v) is 11.3. The molecule has 0 radical (unpaired) electrons. The van der Waals surface area contributed by atoms with Crippen molar-refractivity contribution in [3.05, 3.63) is 47.5 Å². The molecule has 2 aromatic carbocycles. The minimum absolute atomic E-state index is 0.0917. The summed E-state index contributed by atoms with van der Waals surface area (Å²) in [5.41, 5.74) is 5.35. The Morgan fingerprint density at radius 1 is 0.900 bits per heavy atom. The van der Waals surface area contributed by atoms with Crippen molar-refractivity contribution in [3.63, 3.8) is 0 Å². The van der Waals surface area contributed by atoms with Crippen LogP contribution in [0, 0.1) is 0 Å². The highest BCUT2D eigenvalue weighted by atomic mass is 16.5. The van der Waals surface area contributed by atoms with E-state index in [1.54, 1.807) is 0 Å². The molecule has 0 aromatic heterocycles. The van der Waals surface area contributed by atoms with Gasteiger partial charge in [0, 0.05) is 56.1 Å². The molecule has 0 spiro atoms. The van der Waals surface area contributed by atoms with Crippen LogP contribution in [0.1, 0.15) is 44.2 Å². The van der Waals surface area contributed by atoms with E-state index >= 15 is 0 Å². The van der Waals surface area contributed by atoms with Gasteiger partial charge in [-0.3, -0.25) is 4.79 Å². The summed E-state index contributed by atoms with van der Waals surface area (Å²) >= 11 is 0. The third-order valence-corrected chi connectivity index (χ3v) is 6.08. The second-order valence-corrected chi connectivity index (χ2v) is 8.01. The van der Waals surface area contributed by atoms with Crippen LogP contribution in [0.3, 0.4) is 0 Å². The van der Waals surface area contributed by atoms with Gasteiger partial charge in [-0.05, 0) is 62.8 Å². The van der Waals surface area contributed by atoms with Crippen LogP contribution in [0.25, 0.3) is 0 Å². The average molecular weight is 409 g/mol. The molecule has 2 heterocycles. The highest BCUT2D eigenvalue weighted by Gasteiger charge is 2.21. The van der Waals surface area contributed by atoms with E-state index in [4.69, 9.17) is 9.47 Å². The van der Waals surface area contributed by atoms with E-state index in [0.29, 0.717) is 13.0 Å². The number of anilines is 2. The predicted molar refractivity (Wildman–Crippen MR) is 121 cm³/mol. The molecule has 0 N–H and O–H groups in total. The lowest BCUT2D eigenvalue weighted by molar-refractivity contribution is -0.143. The van der Waals surface area contributed by atoms with Crippen molar-refractivity contribution in [1.29, 1.82) is 0 Å². The van der Waals surface area contributed by atoms with Crippen LogP contribution in [-0.2, 0) is 22.4 Å². The van der Waals surface area contributed by atoms with Crippen molar-refractivity contribution in [3.8, 4) is 11.5 Å². The van der Waals surface area contributed by atoms with E-state index in [-0.39, 0.29) is 5.97 Å². The van der Waals surface area contributed by atoms with Gasteiger partial charge in [-0.25, -0.2) is 0 Å². The summed E-state index contributed by atoms with van der Waals surface area (Å²) in [5, 5.41) is 0. The molecular formula is C25H32N2O3. The molecule has 160 valence electrons. The highest BCUT2D eigenvalue weighted by molar-refractivity contribution is 5.69. The first-order valence-electron chi connectivity index (χ1n) is 11.3. The molecule has 0 aliphatic carbocycles. The maximum Gasteiger partial charge on any atom is 0.305 e. The van der Waals surface area contributed by atoms with E-state index in [2.05, 4.69) is 53.1 Å². The van der Waals surface area contributed by atoms with Gasteiger partial charge in [0.25, 0.3) is 0 Å². The number of carbonyl (C=O) groups excluding carboxylic acids is 1. The fraction of sp³-hybridized carbons (Fsp3) is 0.480. The van der Waals surface area contributed by atoms with Crippen LogP contribution >= 0.6 is 0 Å². The number of unbranched alkanes of at least 4 members (excludes halogenated alkanes) is 1. The molecular weight excluding hydrogens is 376 g/mol. The Morgan fingerprint density at radius 3 is 2.17 bits per heavy atom. The number of esters is 1. The summed E-state index contributed by atoms with van der Waals surface area (Å²) in [4.78, 5) is 16.3. The summed E-state index contributed by atoms with van der Waals surface area (Å²) in [5.74, 6) is 1.69. The van der Waals surface area contributed by atoms with E-state index in [1.807, 2.05) is 6.92 Å². The van der Waals surface area contributed by atoms with Crippen molar-refractivity contribution in [2.24, 2.45) is 0 Å². The van der Waals surface area contributed by atoms with Crippen LogP contribution in [-0.4, -0.2) is 38.8 Å². The number of fused-ring (bicyclic) bond motifs is 2. The van der Waals surface area contributed by atoms with Gasteiger partial charge >= 0.3 is 5.97 Å². The number of benzene rings is 2. The summed E-state index contributed by atoms with van der Waals surface area (Å²) in [6, 6.07) is 12.9. The Hall–Kier alpha value is -2.69. The van der Waals surface area contributed by atoms with Crippen molar-refractivity contribution in [1.82, 2.24) is 0 Å². The molecule has 0 atom stereocenters. The van der Waals surface area contributed by atoms with Gasteiger partial charge in [-0.1, -0.05) is 12.1 Å². The normalized spacial score (nSPS) is 14.6. The molecule has 2 aliphatic rings. The van der Waals surface area contributed by atoms with E-state index < -0.39 is 0 Å². The second kappa shape index (κ2) is 9.41. The average Bonchev–Trinajstić information content (AvgIpc) is 3.34. The number of carbonyl (C=O) groups is 1. The van der Waals surface area contributed by atoms with E-state index in [0.717, 1.165) is 63.4 Å². The van der Waals surface area contributed by atoms with Gasteiger partial charge < -0.3 is 19.3 Å². The highest BCUT2D eigenvalue weighted by Crippen LogP contribution is 2.36. The SMILES string of the molecule is CCOC(=O)CCCCN1CCc2ccc(Oc3ccc4c(c3)N(CC)CC4)cc21. The second-order valence-electron chi connectivity index (χ2n) is 8.01. The monoisotopic (exact) mass is 408 g/mol. The smallest absolute Gasteiger partial charge is 0.305 e. The van der Waals surface area contributed by atoms with E-state index in [9.17, 15) is 4.79 Å². The third kappa shape index (κ3) is 4.55. The zero-order valence-electron chi connectivity index (χ0n) is 18.2. The topological polar surface area (TPSA) is 42.0 Å². The molecule has 0 saturated carbocycles. The van der Waals surface area contributed by atoms with E-state index in [1.165, 1.54) is 22.5 Å². The lowest BCUT2D eigenvalue weighted by Crippen LogP contribution is -2.21. The Labute approximate surface area is 179 Å². The number of likely N-dealkylation sites (N-methyl/N-ethyl adjacent to an activating group) is 1. The Balaban J connectivity index is 1.38. The number of hydrogen-bond donors (Lipinski definition) is 0. The summed E-state index contributed by atoms with van der Waals surface area (Å²) in [6.45, 7) is 8.62. The Bertz CT molecular complexity index is 896. The molecule has 30 heavy (non-hydrogen) atoms. The van der Waals surface area contributed by atoms with Gasteiger partial charge in [0.2, 0.25) is 0 Å². The first-order chi connectivity index (χ1) is 14.7. The van der Waals surface area contributed by atoms with Gasteiger partial charge in [-0.15, -0.1) is 0 Å². The van der Waals surface area contributed by atoms with Gasteiger partial charge in [0.1, 0.15) is 11.5 Å². The maximum atomic E-state index is 11.5. The number of ether oxygens (including phenoxy) is 2. The Morgan fingerprint density at radius 2 is 1.53 bits per heavy atom. The van der Waals surface area contributed by atoms with Crippen molar-refractivity contribution in [2.45, 2.75) is 46.0 Å². The molecule has 2 aliphatic heterocycles. The molecule has 0 saturated heterocycles. The summed E-state index contributed by atoms with van der Waals surface area (Å²) in [7, 11) is 0. The van der Waals surface area contributed by atoms with Crippen LogP contribution in [0.2, 0.25) is 0 Å². The third-order valence-electron chi connectivity index (χ3n) is 6.08. The number of rotatable bonds is 9. The minimum Gasteiger partial charge on any atom is -0.466 e. The molecule has 0 bridgehead atoms. The largest absolute Gasteiger partial charge is 0.466 e. The fourth-order valence-electron chi connectivity index (χ4n) is 4.48. The van der Waals surface area contributed by atoms with Gasteiger partial charge in [0.15, 0.2) is 0 Å². The van der Waals surface area contributed by atoms with Crippen molar-refractivity contribution < 1.29 is 14.3 Å². The zero-order chi connectivity index (χ0) is 20.9. The summed E-state index contributed by atoms with van der Waals surface area (Å²) in [6.07, 6.45) is 4.54. The quantitative estimate of drug-likeness (QED) is 0.433. The van der Waals surface area contributed by atoms with Gasteiger partial charge in [0.05, 0.1) is 6.61 Å². The lowest BCUT2D eigenvalue weighted by Gasteiger charge is -2.20. The lowest BCUT2D eigenvalue weighted by atomic mass is 10.1. The fourth-order valence-corrected chi connectivity index (χ4v) is 4.48. The zero-order valence-corrected chi connectivity index (χ0v) is 18.2. The molecule has 0 amide bonds. The molecule has 5 heteroatoms. The minimum atomic E-state index is -0.0917. The first kappa shape index (κ1) is 20.6. The molecule has 4 rings (SSSR count). The van der Waals surface area contributed by atoms with Crippen molar-refractivity contribution in [2.75, 3.05) is 42.6 Å². The number of nitrogens with zero attached hydrogens (tertiary/aromatic N) is 2. The maximum absolute atomic E-state index is 11.5. The van der Waals surface area contributed by atoms with Gasteiger partial charge in [-0.2, -0.15) is 0 Å². The van der Waals surface area contributed by atoms with Crippen LogP contribution in [0.4, 0.5) is 11.4 Å². The number of hydrogen-bond acceptors (Lipinski definition) is 5. The van der Waals surface area contributed by atoms with Crippen LogP contribution in [0.5, 0.6) is 11.5 Å². The van der Waals surface area contributed by atoms with Crippen LogP contribution in [0.15, 0.2) is 36.4 Å². The Kier molecular flexibility index (Phi) is 6.46. The molecule has 5 nitrogen and oxygen atoms in total. The summed E-state index contributed by atoms with van der Waals surface area (Å²) < 4.78 is 11.3.